The molecule has 1 fully saturated rings. The van der Waals surface area contributed by atoms with Gasteiger partial charge in [-0.1, -0.05) is 6.92 Å². The maximum atomic E-state index is 13.3. The second kappa shape index (κ2) is 9.02. The van der Waals surface area contributed by atoms with Gasteiger partial charge in [-0.05, 0) is 56.9 Å². The summed E-state index contributed by atoms with van der Waals surface area (Å²) in [6, 6.07) is 5.73. The summed E-state index contributed by atoms with van der Waals surface area (Å²) in [5.41, 5.74) is 7.37. The van der Waals surface area contributed by atoms with E-state index in [9.17, 15) is 12.8 Å². The summed E-state index contributed by atoms with van der Waals surface area (Å²) in [5, 5.41) is 7.40. The number of hydrogen-bond donors (Lipinski definition) is 2. The number of piperidine rings is 1. The Balaban J connectivity index is 1.59. The Morgan fingerprint density at radius 3 is 2.45 bits per heavy atom. The first-order valence-electron chi connectivity index (χ1n) is 10.7. The number of hydrogen-bond acceptors (Lipinski definition) is 8. The minimum absolute atomic E-state index is 0.00132. The predicted octanol–water partition coefficient (Wildman–Crippen LogP) is 2.62. The second-order valence-corrected chi connectivity index (χ2v) is 10.2. The Morgan fingerprint density at radius 1 is 1.12 bits per heavy atom. The van der Waals surface area contributed by atoms with Crippen LogP contribution in [0.5, 0.6) is 0 Å². The third kappa shape index (κ3) is 4.96. The summed E-state index contributed by atoms with van der Waals surface area (Å²) >= 11 is 0. The van der Waals surface area contributed by atoms with E-state index < -0.39 is 10.0 Å². The van der Waals surface area contributed by atoms with Gasteiger partial charge in [-0.25, -0.2) is 12.8 Å². The molecule has 3 N–H and O–H groups in total. The molecule has 0 amide bonds. The van der Waals surface area contributed by atoms with Crippen molar-refractivity contribution in [3.8, 4) is 0 Å². The zero-order chi connectivity index (χ0) is 23.8. The number of nitrogens with zero attached hydrogens (tertiary/aromatic N) is 6. The number of benzene rings is 1. The van der Waals surface area contributed by atoms with Crippen molar-refractivity contribution in [2.45, 2.75) is 45.1 Å². The summed E-state index contributed by atoms with van der Waals surface area (Å²) in [7, 11) is -3.65. The zero-order valence-electron chi connectivity index (χ0n) is 18.8. The first kappa shape index (κ1) is 23.1. The van der Waals surface area contributed by atoms with E-state index in [4.69, 9.17) is 5.73 Å². The molecule has 3 heterocycles. The number of aryl methyl sites for hydroxylation is 1. The van der Waals surface area contributed by atoms with Gasteiger partial charge in [0, 0.05) is 18.8 Å². The number of rotatable bonds is 6. The van der Waals surface area contributed by atoms with E-state index in [-0.39, 0.29) is 29.2 Å². The van der Waals surface area contributed by atoms with Crippen LogP contribution >= 0.6 is 0 Å². The summed E-state index contributed by atoms with van der Waals surface area (Å²) in [4.78, 5) is 12.8. The van der Waals surface area contributed by atoms with E-state index in [1.807, 2.05) is 0 Å². The average molecular weight is 475 g/mol. The van der Waals surface area contributed by atoms with E-state index in [1.165, 1.54) is 12.1 Å². The van der Waals surface area contributed by atoms with Crippen molar-refractivity contribution in [2.24, 2.45) is 5.92 Å². The molecule has 3 aromatic rings. The van der Waals surface area contributed by atoms with Gasteiger partial charge in [-0.15, -0.1) is 0 Å². The lowest BCUT2D eigenvalue weighted by Crippen LogP contribution is -2.38. The highest BCUT2D eigenvalue weighted by molar-refractivity contribution is 7.89. The lowest BCUT2D eigenvalue weighted by Gasteiger charge is -2.29. The first-order chi connectivity index (χ1) is 15.6. The summed E-state index contributed by atoms with van der Waals surface area (Å²) in [6.45, 7) is 6.68. The van der Waals surface area contributed by atoms with Gasteiger partial charge in [0.2, 0.25) is 21.9 Å². The lowest BCUT2D eigenvalue weighted by molar-refractivity contribution is 0.288. The van der Waals surface area contributed by atoms with Crippen molar-refractivity contribution < 1.29 is 12.8 Å². The highest BCUT2D eigenvalue weighted by Gasteiger charge is 2.33. The predicted molar refractivity (Wildman–Crippen MR) is 122 cm³/mol. The van der Waals surface area contributed by atoms with E-state index in [2.05, 4.69) is 32.3 Å². The fourth-order valence-electron chi connectivity index (χ4n) is 3.92. The fraction of sp³-hybridized carbons (Fsp3) is 0.429. The Morgan fingerprint density at radius 2 is 1.79 bits per heavy atom. The van der Waals surface area contributed by atoms with Crippen LogP contribution in [0.4, 0.5) is 22.0 Å². The molecule has 1 aliphatic rings. The SMILES string of the molecule is Cc1nn(Cc2nc(N)nc(Nc3ccc(F)cc3)n2)c(C)c1S(=O)(=O)N1CCC(C)CC1. The third-order valence-corrected chi connectivity index (χ3v) is 7.90. The maximum absolute atomic E-state index is 13.3. The number of nitrogens with two attached hydrogens (primary N) is 1. The Labute approximate surface area is 192 Å². The fourth-order valence-corrected chi connectivity index (χ4v) is 5.77. The molecule has 0 unspecified atom stereocenters. The molecule has 176 valence electrons. The Kier molecular flexibility index (Phi) is 6.30. The van der Waals surface area contributed by atoms with Crippen LogP contribution in [0.15, 0.2) is 29.2 Å². The van der Waals surface area contributed by atoms with Crippen LogP contribution < -0.4 is 11.1 Å². The summed E-state index contributed by atoms with van der Waals surface area (Å²) < 4.78 is 42.9. The molecular formula is C21H27FN8O2S. The highest BCUT2D eigenvalue weighted by Crippen LogP contribution is 2.28. The number of sulfonamides is 1. The smallest absolute Gasteiger partial charge is 0.246 e. The number of anilines is 3. The first-order valence-corrected chi connectivity index (χ1v) is 12.1. The van der Waals surface area contributed by atoms with Crippen molar-refractivity contribution in [1.29, 1.82) is 0 Å². The Bertz CT molecular complexity index is 1250. The molecule has 0 radical (unpaired) electrons. The second-order valence-electron chi connectivity index (χ2n) is 8.31. The number of halogens is 1. The molecule has 4 rings (SSSR count). The number of nitrogen functional groups attached to an aromatic ring is 1. The van der Waals surface area contributed by atoms with Crippen molar-refractivity contribution in [1.82, 2.24) is 29.0 Å². The van der Waals surface area contributed by atoms with E-state index in [1.54, 1.807) is 35.0 Å². The summed E-state index contributed by atoms with van der Waals surface area (Å²) in [6.07, 6.45) is 1.69. The number of aromatic nitrogens is 5. The standard InChI is InChI=1S/C21H27FN8O2S/c1-13-8-10-29(11-9-13)33(31,32)19-14(2)28-30(15(19)3)12-18-25-20(23)27-21(26-18)24-17-6-4-16(22)5-7-17/h4-7,13H,8-12H2,1-3H3,(H3,23,24,25,26,27). The molecule has 33 heavy (non-hydrogen) atoms. The average Bonchev–Trinajstić information content (AvgIpc) is 3.03. The quantitative estimate of drug-likeness (QED) is 0.557. The van der Waals surface area contributed by atoms with Crippen LogP contribution in [0.1, 0.15) is 37.0 Å². The van der Waals surface area contributed by atoms with Crippen LogP contribution in [0, 0.1) is 25.6 Å². The summed E-state index contributed by atoms with van der Waals surface area (Å²) in [5.74, 6) is 0.676. The van der Waals surface area contributed by atoms with Crippen LogP contribution in [-0.4, -0.2) is 50.5 Å². The van der Waals surface area contributed by atoms with Crippen molar-refractivity contribution in [3.63, 3.8) is 0 Å². The van der Waals surface area contributed by atoms with Crippen LogP contribution in [0.3, 0.4) is 0 Å². The molecule has 1 saturated heterocycles. The van der Waals surface area contributed by atoms with Gasteiger partial charge in [0.05, 0.1) is 11.4 Å². The largest absolute Gasteiger partial charge is 0.368 e. The van der Waals surface area contributed by atoms with Gasteiger partial charge in [0.25, 0.3) is 0 Å². The van der Waals surface area contributed by atoms with Crippen LogP contribution in [0.25, 0.3) is 0 Å². The van der Waals surface area contributed by atoms with Gasteiger partial charge >= 0.3 is 0 Å². The molecule has 0 saturated carbocycles. The zero-order valence-corrected chi connectivity index (χ0v) is 19.6. The molecule has 2 aromatic heterocycles. The van der Waals surface area contributed by atoms with Crippen LogP contribution in [-0.2, 0) is 16.6 Å². The van der Waals surface area contributed by atoms with Crippen LogP contribution in [0.2, 0.25) is 0 Å². The van der Waals surface area contributed by atoms with Crippen molar-refractivity contribution >= 4 is 27.6 Å². The molecule has 0 aliphatic carbocycles. The van der Waals surface area contributed by atoms with E-state index in [0.29, 0.717) is 41.9 Å². The van der Waals surface area contributed by atoms with Gasteiger partial charge in [0.1, 0.15) is 17.3 Å². The molecular weight excluding hydrogens is 447 g/mol. The molecule has 10 nitrogen and oxygen atoms in total. The topological polar surface area (TPSA) is 132 Å². The van der Waals surface area contributed by atoms with Gasteiger partial charge in [-0.3, -0.25) is 4.68 Å². The van der Waals surface area contributed by atoms with Gasteiger partial charge < -0.3 is 11.1 Å². The minimum Gasteiger partial charge on any atom is -0.368 e. The monoisotopic (exact) mass is 474 g/mol. The van der Waals surface area contributed by atoms with Gasteiger partial charge in [0.15, 0.2) is 5.82 Å². The minimum atomic E-state index is -3.65. The molecule has 1 aromatic carbocycles. The molecule has 0 spiro atoms. The van der Waals surface area contributed by atoms with Crippen molar-refractivity contribution in [3.05, 3.63) is 47.3 Å². The Hall–Kier alpha value is -3.12. The van der Waals surface area contributed by atoms with Crippen molar-refractivity contribution in [2.75, 3.05) is 24.1 Å². The molecule has 0 atom stereocenters. The van der Waals surface area contributed by atoms with E-state index >= 15 is 0 Å². The van der Waals surface area contributed by atoms with E-state index in [0.717, 1.165) is 12.8 Å². The maximum Gasteiger partial charge on any atom is 0.246 e. The highest BCUT2D eigenvalue weighted by atomic mass is 32.2. The third-order valence-electron chi connectivity index (χ3n) is 5.75. The number of nitrogens with one attached hydrogen (secondary N) is 1. The molecule has 1 aliphatic heterocycles. The van der Waals surface area contributed by atoms with Gasteiger partial charge in [-0.2, -0.15) is 24.4 Å². The molecule has 0 bridgehead atoms. The normalized spacial score (nSPS) is 15.6. The lowest BCUT2D eigenvalue weighted by atomic mass is 10.0. The molecule has 12 heteroatoms.